The van der Waals surface area contributed by atoms with Crippen LogP contribution in [0.5, 0.6) is 11.5 Å². The van der Waals surface area contributed by atoms with E-state index in [1.165, 1.54) is 4.90 Å². The van der Waals surface area contributed by atoms with Crippen LogP contribution in [0, 0.1) is 0 Å². The summed E-state index contributed by atoms with van der Waals surface area (Å²) in [4.78, 5) is 33.2. The second-order valence-corrected chi connectivity index (χ2v) is 8.18. The largest absolute Gasteiger partial charge is 0.493 e. The van der Waals surface area contributed by atoms with E-state index in [1.807, 2.05) is 30.3 Å². The van der Waals surface area contributed by atoms with Crippen molar-refractivity contribution >= 4 is 23.1 Å². The SMILES string of the molecule is CCc1ccc(N2C(=O)C(c3ccc(OC)c(OC)c3)=C(N3CCN(CC)CC3)C2=O)cc1. The minimum atomic E-state index is -0.315. The van der Waals surface area contributed by atoms with E-state index in [-0.39, 0.29) is 11.8 Å². The van der Waals surface area contributed by atoms with Crippen molar-refractivity contribution in [2.75, 3.05) is 51.8 Å². The Morgan fingerprint density at radius 2 is 1.48 bits per heavy atom. The Hall–Kier alpha value is -3.32. The third kappa shape index (κ3) is 4.20. The number of amides is 2. The minimum absolute atomic E-state index is 0.279. The van der Waals surface area contributed by atoms with Crippen LogP contribution in [-0.2, 0) is 16.0 Å². The number of rotatable bonds is 7. The summed E-state index contributed by atoms with van der Waals surface area (Å²) in [7, 11) is 3.13. The highest BCUT2D eigenvalue weighted by atomic mass is 16.5. The van der Waals surface area contributed by atoms with Crippen LogP contribution in [0.15, 0.2) is 48.2 Å². The maximum atomic E-state index is 13.7. The predicted octanol–water partition coefficient (Wildman–Crippen LogP) is 3.19. The number of nitrogens with zero attached hydrogens (tertiary/aromatic N) is 3. The number of ether oxygens (including phenoxy) is 2. The van der Waals surface area contributed by atoms with Crippen LogP contribution in [0.3, 0.4) is 0 Å². The molecule has 174 valence electrons. The highest BCUT2D eigenvalue weighted by molar-refractivity contribution is 6.45. The molecule has 0 radical (unpaired) electrons. The Labute approximate surface area is 195 Å². The van der Waals surface area contributed by atoms with Crippen LogP contribution in [0.1, 0.15) is 25.0 Å². The molecule has 1 fully saturated rings. The van der Waals surface area contributed by atoms with Gasteiger partial charge in [-0.1, -0.05) is 32.0 Å². The number of hydrogen-bond acceptors (Lipinski definition) is 6. The van der Waals surface area contributed by atoms with Gasteiger partial charge in [-0.2, -0.15) is 0 Å². The first-order valence-electron chi connectivity index (χ1n) is 11.4. The lowest BCUT2D eigenvalue weighted by atomic mass is 10.0. The molecule has 0 spiro atoms. The molecule has 7 nitrogen and oxygen atoms in total. The van der Waals surface area contributed by atoms with Gasteiger partial charge < -0.3 is 19.3 Å². The zero-order valence-corrected chi connectivity index (χ0v) is 19.8. The smallest absolute Gasteiger partial charge is 0.282 e. The summed E-state index contributed by atoms with van der Waals surface area (Å²) in [5.41, 5.74) is 3.25. The van der Waals surface area contributed by atoms with Gasteiger partial charge in [0.05, 0.1) is 25.5 Å². The first-order chi connectivity index (χ1) is 16.0. The third-order valence-electron chi connectivity index (χ3n) is 6.47. The van der Waals surface area contributed by atoms with Crippen LogP contribution in [-0.4, -0.2) is 68.6 Å². The van der Waals surface area contributed by atoms with Gasteiger partial charge in [0.1, 0.15) is 5.70 Å². The maximum absolute atomic E-state index is 13.7. The van der Waals surface area contributed by atoms with Gasteiger partial charge in [-0.25, -0.2) is 4.90 Å². The molecule has 0 saturated carbocycles. The Balaban J connectivity index is 1.79. The molecule has 2 aliphatic heterocycles. The molecule has 0 aromatic heterocycles. The molecule has 1 saturated heterocycles. The maximum Gasteiger partial charge on any atom is 0.282 e. The number of benzene rings is 2. The summed E-state index contributed by atoms with van der Waals surface area (Å²) in [6.45, 7) is 8.28. The van der Waals surface area contributed by atoms with Crippen molar-refractivity contribution in [3.63, 3.8) is 0 Å². The lowest BCUT2D eigenvalue weighted by Gasteiger charge is -2.36. The van der Waals surface area contributed by atoms with Crippen LogP contribution >= 0.6 is 0 Å². The summed E-state index contributed by atoms with van der Waals surface area (Å²) in [6, 6.07) is 13.0. The van der Waals surface area contributed by atoms with E-state index in [1.54, 1.807) is 26.4 Å². The van der Waals surface area contributed by atoms with Gasteiger partial charge in [-0.15, -0.1) is 0 Å². The van der Waals surface area contributed by atoms with Gasteiger partial charge in [-0.05, 0) is 48.4 Å². The van der Waals surface area contributed by atoms with Gasteiger partial charge in [0.25, 0.3) is 11.8 Å². The molecular weight excluding hydrogens is 418 g/mol. The molecule has 2 amide bonds. The van der Waals surface area contributed by atoms with Gasteiger partial charge in [0.2, 0.25) is 0 Å². The molecule has 0 unspecified atom stereocenters. The standard InChI is InChI=1S/C26H31N3O4/c1-5-18-7-10-20(11-8-18)29-25(30)23(19-9-12-21(32-3)22(17-19)33-4)24(26(29)31)28-15-13-27(6-2)14-16-28/h7-12,17H,5-6,13-16H2,1-4H3. The van der Waals surface area contributed by atoms with Crippen LogP contribution in [0.4, 0.5) is 5.69 Å². The van der Waals surface area contributed by atoms with E-state index in [0.29, 0.717) is 47.1 Å². The van der Waals surface area contributed by atoms with E-state index in [0.717, 1.165) is 31.6 Å². The highest BCUT2D eigenvalue weighted by Crippen LogP contribution is 2.38. The number of hydrogen-bond donors (Lipinski definition) is 0. The summed E-state index contributed by atoms with van der Waals surface area (Å²) >= 11 is 0. The summed E-state index contributed by atoms with van der Waals surface area (Å²) < 4.78 is 10.8. The average molecular weight is 450 g/mol. The second kappa shape index (κ2) is 9.67. The van der Waals surface area contributed by atoms with Crippen molar-refractivity contribution in [2.45, 2.75) is 20.3 Å². The second-order valence-electron chi connectivity index (χ2n) is 8.18. The third-order valence-corrected chi connectivity index (χ3v) is 6.47. The number of likely N-dealkylation sites (N-methyl/N-ethyl adjacent to an activating group) is 1. The van der Waals surface area contributed by atoms with Crippen LogP contribution in [0.2, 0.25) is 0 Å². The van der Waals surface area contributed by atoms with E-state index in [9.17, 15) is 9.59 Å². The minimum Gasteiger partial charge on any atom is -0.493 e. The van der Waals surface area contributed by atoms with Crippen molar-refractivity contribution in [3.05, 3.63) is 59.3 Å². The fourth-order valence-electron chi connectivity index (χ4n) is 4.47. The Morgan fingerprint density at radius 3 is 2.06 bits per heavy atom. The Morgan fingerprint density at radius 1 is 0.818 bits per heavy atom. The Kier molecular flexibility index (Phi) is 6.70. The quantitative estimate of drug-likeness (QED) is 0.605. The number of methoxy groups -OCH3 is 2. The zero-order valence-electron chi connectivity index (χ0n) is 19.8. The molecule has 7 heteroatoms. The molecule has 4 rings (SSSR count). The van der Waals surface area contributed by atoms with Gasteiger partial charge in [0, 0.05) is 26.2 Å². The molecule has 2 aromatic carbocycles. The van der Waals surface area contributed by atoms with Crippen molar-refractivity contribution < 1.29 is 19.1 Å². The molecule has 2 heterocycles. The molecule has 0 aliphatic carbocycles. The van der Waals surface area contributed by atoms with E-state index < -0.39 is 0 Å². The van der Waals surface area contributed by atoms with E-state index >= 15 is 0 Å². The normalized spacial score (nSPS) is 17.2. The topological polar surface area (TPSA) is 62.3 Å². The van der Waals surface area contributed by atoms with Gasteiger partial charge in [-0.3, -0.25) is 9.59 Å². The van der Waals surface area contributed by atoms with Crippen molar-refractivity contribution in [3.8, 4) is 11.5 Å². The number of carbonyl (C=O) groups excluding carboxylic acids is 2. The number of carbonyl (C=O) groups is 2. The van der Waals surface area contributed by atoms with Gasteiger partial charge >= 0.3 is 0 Å². The van der Waals surface area contributed by atoms with Crippen LogP contribution < -0.4 is 14.4 Å². The lowest BCUT2D eigenvalue weighted by molar-refractivity contribution is -0.120. The van der Waals surface area contributed by atoms with Gasteiger partial charge in [0.15, 0.2) is 11.5 Å². The number of piperazine rings is 1. The van der Waals surface area contributed by atoms with Crippen LogP contribution in [0.25, 0.3) is 5.57 Å². The van der Waals surface area contributed by atoms with Crippen molar-refractivity contribution in [2.24, 2.45) is 0 Å². The molecule has 0 bridgehead atoms. The number of anilines is 1. The molecule has 33 heavy (non-hydrogen) atoms. The summed E-state index contributed by atoms with van der Waals surface area (Å²) in [5.74, 6) is 0.496. The van der Waals surface area contributed by atoms with Crippen molar-refractivity contribution in [1.82, 2.24) is 9.80 Å². The predicted molar refractivity (Wildman–Crippen MR) is 128 cm³/mol. The number of aryl methyl sites for hydroxylation is 1. The van der Waals surface area contributed by atoms with E-state index in [4.69, 9.17) is 9.47 Å². The highest BCUT2D eigenvalue weighted by Gasteiger charge is 2.43. The molecule has 0 N–H and O–H groups in total. The molecule has 2 aromatic rings. The molecule has 2 aliphatic rings. The molecular formula is C26H31N3O4. The monoisotopic (exact) mass is 449 g/mol. The first kappa shape index (κ1) is 22.9. The number of imide groups is 1. The van der Waals surface area contributed by atoms with E-state index in [2.05, 4.69) is 23.6 Å². The summed E-state index contributed by atoms with van der Waals surface area (Å²) in [6.07, 6.45) is 0.893. The Bertz CT molecular complexity index is 1070. The zero-order chi connectivity index (χ0) is 23.5. The fourth-order valence-corrected chi connectivity index (χ4v) is 4.47. The molecule has 0 atom stereocenters. The lowest BCUT2D eigenvalue weighted by Crippen LogP contribution is -2.47. The average Bonchev–Trinajstić information content (AvgIpc) is 3.13. The fraction of sp³-hybridized carbons (Fsp3) is 0.385. The van der Waals surface area contributed by atoms with Crippen molar-refractivity contribution in [1.29, 1.82) is 0 Å². The first-order valence-corrected chi connectivity index (χ1v) is 11.4. The summed E-state index contributed by atoms with van der Waals surface area (Å²) in [5, 5.41) is 0.